The number of pyridine rings is 3. The normalized spacial score (nSPS) is 11.7. The fraction of sp³-hybridized carbons (Fsp3) is 0.346. The Bertz CT molecular complexity index is 1320. The zero-order valence-corrected chi connectivity index (χ0v) is 20.5. The van der Waals surface area contributed by atoms with E-state index < -0.39 is 0 Å². The van der Waals surface area contributed by atoms with Crippen LogP contribution in [0.4, 0.5) is 5.82 Å². The molecule has 4 aromatic heterocycles. The smallest absolute Gasteiger partial charge is 0.257 e. The van der Waals surface area contributed by atoms with Crippen LogP contribution >= 0.6 is 0 Å². The molecule has 34 heavy (non-hydrogen) atoms. The van der Waals surface area contributed by atoms with Gasteiger partial charge in [-0.2, -0.15) is 5.10 Å². The topological polar surface area (TPSA) is 94.8 Å². The highest BCUT2D eigenvalue weighted by Crippen LogP contribution is 2.30. The Labute approximate surface area is 199 Å². The van der Waals surface area contributed by atoms with Crippen molar-refractivity contribution in [3.05, 3.63) is 71.4 Å². The minimum absolute atomic E-state index is 0.147. The van der Waals surface area contributed by atoms with Gasteiger partial charge in [0.15, 0.2) is 17.2 Å². The van der Waals surface area contributed by atoms with Gasteiger partial charge >= 0.3 is 0 Å². The third-order valence-electron chi connectivity index (χ3n) is 5.45. The number of amides is 1. The van der Waals surface area contributed by atoms with Gasteiger partial charge in [0.2, 0.25) is 0 Å². The van der Waals surface area contributed by atoms with Gasteiger partial charge in [0, 0.05) is 24.3 Å². The van der Waals surface area contributed by atoms with Gasteiger partial charge in [0.25, 0.3) is 5.91 Å². The number of fused-ring (bicyclic) bond motifs is 1. The molecule has 0 saturated carbocycles. The van der Waals surface area contributed by atoms with E-state index in [1.54, 1.807) is 30.7 Å². The van der Waals surface area contributed by atoms with E-state index in [0.717, 1.165) is 22.3 Å². The average Bonchev–Trinajstić information content (AvgIpc) is 3.15. The molecule has 0 aromatic carbocycles. The predicted molar refractivity (Wildman–Crippen MR) is 132 cm³/mol. The number of hydrogen-bond acceptors (Lipinski definition) is 6. The first-order valence-electron chi connectivity index (χ1n) is 11.3. The molecule has 0 aliphatic rings. The third kappa shape index (κ3) is 4.76. The molecule has 0 saturated heterocycles. The summed E-state index contributed by atoms with van der Waals surface area (Å²) in [6.45, 7) is 12.6. The van der Waals surface area contributed by atoms with Gasteiger partial charge in [-0.15, -0.1) is 0 Å². The number of carbonyl (C=O) groups is 1. The summed E-state index contributed by atoms with van der Waals surface area (Å²) in [4.78, 5) is 26.8. The van der Waals surface area contributed by atoms with Crippen molar-refractivity contribution in [1.82, 2.24) is 24.7 Å². The largest absolute Gasteiger partial charge is 0.485 e. The second kappa shape index (κ2) is 9.21. The molecule has 1 amide bonds. The maximum Gasteiger partial charge on any atom is 0.257 e. The van der Waals surface area contributed by atoms with Crippen molar-refractivity contribution in [2.24, 2.45) is 0 Å². The Kier molecular flexibility index (Phi) is 6.32. The predicted octanol–water partition coefficient (Wildman–Crippen LogP) is 5.24. The minimum Gasteiger partial charge on any atom is -0.485 e. The summed E-state index contributed by atoms with van der Waals surface area (Å²) in [5.41, 5.74) is 3.51. The van der Waals surface area contributed by atoms with E-state index in [9.17, 15) is 4.79 Å². The quantitative estimate of drug-likeness (QED) is 0.425. The fourth-order valence-corrected chi connectivity index (χ4v) is 3.67. The van der Waals surface area contributed by atoms with Crippen LogP contribution < -0.4 is 10.1 Å². The monoisotopic (exact) mass is 458 g/mol. The second-order valence-electron chi connectivity index (χ2n) is 9.56. The highest BCUT2D eigenvalue weighted by molar-refractivity contribution is 6.12. The SMILES string of the molecule is Cc1nn(C(C)(C)C)c2nc(C(C)C)cc(C(=O)Nc3ncccc3OCc3ccncc3)c12. The standard InChI is InChI=1S/C26H30N6O2/c1-16(2)20-14-19(22-17(3)31-32(24(22)29-20)26(4,5)6)25(33)30-23-21(8-7-11-28-23)34-15-18-9-12-27-13-10-18/h7-14,16H,15H2,1-6H3,(H,28,30,33). The van der Waals surface area contributed by atoms with Gasteiger partial charge in [-0.3, -0.25) is 9.78 Å². The summed E-state index contributed by atoms with van der Waals surface area (Å²) < 4.78 is 7.84. The highest BCUT2D eigenvalue weighted by atomic mass is 16.5. The lowest BCUT2D eigenvalue weighted by Gasteiger charge is -2.20. The van der Waals surface area contributed by atoms with Crippen LogP contribution in [0.25, 0.3) is 11.0 Å². The molecule has 0 aliphatic heterocycles. The van der Waals surface area contributed by atoms with Crippen molar-refractivity contribution >= 4 is 22.8 Å². The molecule has 0 bridgehead atoms. The van der Waals surface area contributed by atoms with Crippen LogP contribution in [-0.4, -0.2) is 30.6 Å². The number of aromatic nitrogens is 5. The van der Waals surface area contributed by atoms with Crippen molar-refractivity contribution in [2.45, 2.75) is 59.6 Å². The molecule has 1 N–H and O–H groups in total. The molecule has 176 valence electrons. The molecule has 0 aliphatic carbocycles. The third-order valence-corrected chi connectivity index (χ3v) is 5.45. The maximum absolute atomic E-state index is 13.6. The van der Waals surface area contributed by atoms with Crippen molar-refractivity contribution in [3.63, 3.8) is 0 Å². The minimum atomic E-state index is -0.280. The van der Waals surface area contributed by atoms with Crippen molar-refractivity contribution in [2.75, 3.05) is 5.32 Å². The Morgan fingerprint density at radius 1 is 1.15 bits per heavy atom. The number of rotatable bonds is 6. The number of aryl methyl sites for hydroxylation is 1. The van der Waals surface area contributed by atoms with E-state index in [1.807, 2.05) is 29.8 Å². The Balaban J connectivity index is 1.71. The summed E-state index contributed by atoms with van der Waals surface area (Å²) in [7, 11) is 0. The number of hydrogen-bond donors (Lipinski definition) is 1. The van der Waals surface area contributed by atoms with Crippen molar-refractivity contribution < 1.29 is 9.53 Å². The van der Waals surface area contributed by atoms with Gasteiger partial charge in [-0.25, -0.2) is 14.6 Å². The molecule has 0 radical (unpaired) electrons. The van der Waals surface area contributed by atoms with Gasteiger partial charge in [-0.1, -0.05) is 13.8 Å². The van der Waals surface area contributed by atoms with Crippen molar-refractivity contribution in [1.29, 1.82) is 0 Å². The molecular formula is C26H30N6O2. The van der Waals surface area contributed by atoms with E-state index in [-0.39, 0.29) is 17.4 Å². The van der Waals surface area contributed by atoms with Crippen LogP contribution in [0, 0.1) is 6.92 Å². The molecule has 4 rings (SSSR count). The number of anilines is 1. The lowest BCUT2D eigenvalue weighted by Crippen LogP contribution is -2.24. The van der Waals surface area contributed by atoms with Crippen LogP contribution in [0.3, 0.4) is 0 Å². The van der Waals surface area contributed by atoms with E-state index in [0.29, 0.717) is 29.4 Å². The van der Waals surface area contributed by atoms with Gasteiger partial charge in [0.05, 0.1) is 22.2 Å². The number of carbonyl (C=O) groups excluding carboxylic acids is 1. The number of ether oxygens (including phenoxy) is 1. The number of nitrogens with zero attached hydrogens (tertiary/aromatic N) is 5. The molecule has 8 nitrogen and oxygen atoms in total. The van der Waals surface area contributed by atoms with Crippen molar-refractivity contribution in [3.8, 4) is 5.75 Å². The zero-order valence-electron chi connectivity index (χ0n) is 20.5. The molecule has 4 aromatic rings. The van der Waals surface area contributed by atoms with E-state index in [1.165, 1.54) is 0 Å². The van der Waals surface area contributed by atoms with Crippen LogP contribution in [0.1, 0.15) is 67.8 Å². The molecular weight excluding hydrogens is 428 g/mol. The zero-order chi connectivity index (χ0) is 24.5. The van der Waals surface area contributed by atoms with E-state index >= 15 is 0 Å². The molecule has 4 heterocycles. The van der Waals surface area contributed by atoms with Crippen LogP contribution in [0.5, 0.6) is 5.75 Å². The molecule has 0 atom stereocenters. The van der Waals surface area contributed by atoms with Crippen LogP contribution in [0.2, 0.25) is 0 Å². The molecule has 0 fully saturated rings. The Morgan fingerprint density at radius 3 is 2.56 bits per heavy atom. The molecule has 0 spiro atoms. The van der Waals surface area contributed by atoms with Crippen LogP contribution in [0.15, 0.2) is 48.9 Å². The van der Waals surface area contributed by atoms with Gasteiger partial charge in [0.1, 0.15) is 6.61 Å². The van der Waals surface area contributed by atoms with Crippen LogP contribution in [-0.2, 0) is 12.1 Å². The maximum atomic E-state index is 13.6. The first-order valence-corrected chi connectivity index (χ1v) is 11.3. The summed E-state index contributed by atoms with van der Waals surface area (Å²) in [6, 6.07) is 9.17. The highest BCUT2D eigenvalue weighted by Gasteiger charge is 2.25. The Hall–Kier alpha value is -3.81. The molecule has 8 heteroatoms. The molecule has 0 unspecified atom stereocenters. The Morgan fingerprint density at radius 2 is 1.88 bits per heavy atom. The summed E-state index contributed by atoms with van der Waals surface area (Å²) in [6.07, 6.45) is 5.05. The lowest BCUT2D eigenvalue weighted by atomic mass is 10.0. The van der Waals surface area contributed by atoms with E-state index in [2.05, 4.69) is 49.9 Å². The number of nitrogens with one attached hydrogen (secondary N) is 1. The summed E-state index contributed by atoms with van der Waals surface area (Å²) in [5, 5.41) is 8.41. The summed E-state index contributed by atoms with van der Waals surface area (Å²) in [5.74, 6) is 0.717. The first kappa shape index (κ1) is 23.4. The second-order valence-corrected chi connectivity index (χ2v) is 9.56. The first-order chi connectivity index (χ1) is 16.1. The lowest BCUT2D eigenvalue weighted by molar-refractivity contribution is 0.102. The average molecular weight is 459 g/mol. The fourth-order valence-electron chi connectivity index (χ4n) is 3.67. The van der Waals surface area contributed by atoms with Gasteiger partial charge in [-0.05, 0) is 69.5 Å². The van der Waals surface area contributed by atoms with Gasteiger partial charge < -0.3 is 10.1 Å². The summed E-state index contributed by atoms with van der Waals surface area (Å²) >= 11 is 0. The van der Waals surface area contributed by atoms with E-state index in [4.69, 9.17) is 14.8 Å².